The Morgan fingerprint density at radius 3 is 2.44 bits per heavy atom. The van der Waals surface area contributed by atoms with Crippen molar-refractivity contribution in [1.82, 2.24) is 19.8 Å². The Balaban J connectivity index is 1.61. The van der Waals surface area contributed by atoms with Crippen molar-refractivity contribution in [3.8, 4) is 11.8 Å². The number of aliphatic hydroxyl groups is 2. The van der Waals surface area contributed by atoms with E-state index < -0.39 is 72.7 Å². The Morgan fingerprint density at radius 1 is 1.07 bits per heavy atom. The molecule has 4 heterocycles. The third-order valence-corrected chi connectivity index (χ3v) is 10.8. The molecule has 0 unspecified atom stereocenters. The van der Waals surface area contributed by atoms with Gasteiger partial charge in [-0.3, -0.25) is 14.5 Å². The molecule has 0 aliphatic carbocycles. The fourth-order valence-corrected chi connectivity index (χ4v) is 7.68. The molecule has 0 saturated carbocycles. The van der Waals surface area contributed by atoms with Gasteiger partial charge in [-0.05, 0) is 52.8 Å². The highest BCUT2D eigenvalue weighted by molar-refractivity contribution is 5.91. The van der Waals surface area contributed by atoms with Crippen LogP contribution in [0.1, 0.15) is 65.9 Å². The first-order valence-corrected chi connectivity index (χ1v) is 19.4. The van der Waals surface area contributed by atoms with Crippen LogP contribution in [0.25, 0.3) is 0 Å². The van der Waals surface area contributed by atoms with Crippen LogP contribution >= 0.6 is 0 Å². The minimum Gasteiger partial charge on any atom is -0.460 e. The van der Waals surface area contributed by atoms with Crippen molar-refractivity contribution in [3.63, 3.8) is 0 Å². The number of aliphatic hydroxyl groups excluding tert-OH is 2. The lowest BCUT2D eigenvalue weighted by atomic mass is 9.79. The number of ketones is 1. The van der Waals surface area contributed by atoms with E-state index in [9.17, 15) is 24.6 Å². The van der Waals surface area contributed by atoms with Gasteiger partial charge in [0.25, 0.3) is 0 Å². The van der Waals surface area contributed by atoms with Crippen LogP contribution in [-0.4, -0.2) is 150 Å². The van der Waals surface area contributed by atoms with Gasteiger partial charge in [-0.25, -0.2) is 9.97 Å². The Labute approximate surface area is 325 Å². The van der Waals surface area contributed by atoms with E-state index in [2.05, 4.69) is 26.7 Å². The second kappa shape index (κ2) is 21.8. The number of hydrogen-bond donors (Lipinski definition) is 2. The van der Waals surface area contributed by atoms with E-state index in [-0.39, 0.29) is 37.7 Å². The lowest BCUT2D eigenvalue weighted by Gasteiger charge is -2.47. The number of aldehydes is 1. The molecule has 2 saturated heterocycles. The second-order valence-electron chi connectivity index (χ2n) is 15.1. The number of carbonyl (C=O) groups excluding carboxylic acids is 3. The summed E-state index contributed by atoms with van der Waals surface area (Å²) in [5.41, 5.74) is 1.48. The maximum Gasteiger partial charge on any atom is 0.308 e. The second-order valence-corrected chi connectivity index (χ2v) is 15.1. The summed E-state index contributed by atoms with van der Waals surface area (Å²) in [7, 11) is 3.63. The molecule has 0 spiro atoms. The van der Waals surface area contributed by atoms with Crippen molar-refractivity contribution in [2.45, 2.75) is 115 Å². The van der Waals surface area contributed by atoms with Crippen LogP contribution in [0.2, 0.25) is 0 Å². The molecule has 3 aliphatic rings. The molecule has 2 fully saturated rings. The highest BCUT2D eigenvalue weighted by Crippen LogP contribution is 2.35. The van der Waals surface area contributed by atoms with Gasteiger partial charge in [0.05, 0.1) is 55.6 Å². The topological polar surface area (TPSA) is 170 Å². The van der Waals surface area contributed by atoms with Gasteiger partial charge in [-0.15, -0.1) is 0 Å². The molecule has 0 bridgehead atoms. The van der Waals surface area contributed by atoms with Crippen LogP contribution in [0.3, 0.4) is 0 Å². The van der Waals surface area contributed by atoms with E-state index in [4.69, 9.17) is 23.7 Å². The van der Waals surface area contributed by atoms with E-state index in [1.807, 2.05) is 45.8 Å². The average Bonchev–Trinajstić information content (AvgIpc) is 3.17. The quantitative estimate of drug-likeness (QED) is 0.213. The molecule has 0 aromatic carbocycles. The number of nitrogens with zero attached hydrogens (tertiary/aromatic N) is 4. The summed E-state index contributed by atoms with van der Waals surface area (Å²) >= 11 is 0. The first-order chi connectivity index (χ1) is 26.3. The minimum absolute atomic E-state index is 0.0118. The van der Waals surface area contributed by atoms with Gasteiger partial charge >= 0.3 is 5.97 Å². The third-order valence-electron chi connectivity index (χ3n) is 10.8. The molecule has 3 aliphatic heterocycles. The Hall–Kier alpha value is -3.39. The molecule has 12 atom stereocenters. The number of rotatable bonds is 9. The van der Waals surface area contributed by atoms with Crippen LogP contribution in [0, 0.1) is 29.6 Å². The molecule has 0 radical (unpaired) electrons. The van der Waals surface area contributed by atoms with Gasteiger partial charge in [0.15, 0.2) is 12.1 Å². The molecule has 0 amide bonds. The van der Waals surface area contributed by atoms with Gasteiger partial charge in [0.1, 0.15) is 37.5 Å². The van der Waals surface area contributed by atoms with Crippen molar-refractivity contribution in [2.75, 3.05) is 47.0 Å². The Morgan fingerprint density at radius 2 is 1.78 bits per heavy atom. The molecule has 1 aromatic rings. The van der Waals surface area contributed by atoms with E-state index in [1.54, 1.807) is 38.4 Å². The van der Waals surface area contributed by atoms with E-state index in [0.717, 1.165) is 11.9 Å². The normalized spacial score (nSPS) is 36.2. The molecular formula is C41H60N4O10. The average molecular weight is 769 g/mol. The van der Waals surface area contributed by atoms with E-state index >= 15 is 0 Å². The first-order valence-electron chi connectivity index (χ1n) is 19.4. The zero-order valence-electron chi connectivity index (χ0n) is 33.3. The smallest absolute Gasteiger partial charge is 0.308 e. The maximum absolute atomic E-state index is 13.5. The van der Waals surface area contributed by atoms with Gasteiger partial charge in [-0.1, -0.05) is 50.3 Å². The summed E-state index contributed by atoms with van der Waals surface area (Å²) in [5, 5.41) is 23.4. The fourth-order valence-electron chi connectivity index (χ4n) is 7.68. The highest BCUT2D eigenvalue weighted by Gasteiger charge is 2.48. The summed E-state index contributed by atoms with van der Waals surface area (Å²) < 4.78 is 30.7. The Kier molecular flexibility index (Phi) is 17.6. The van der Waals surface area contributed by atoms with Crippen LogP contribution in [-0.2, 0) is 38.1 Å². The van der Waals surface area contributed by atoms with E-state index in [0.29, 0.717) is 38.3 Å². The summed E-state index contributed by atoms with van der Waals surface area (Å²) in [4.78, 5) is 51.2. The van der Waals surface area contributed by atoms with Crippen molar-refractivity contribution < 1.29 is 48.3 Å². The molecule has 304 valence electrons. The monoisotopic (exact) mass is 768 g/mol. The van der Waals surface area contributed by atoms with Crippen molar-refractivity contribution in [2.24, 2.45) is 17.8 Å². The van der Waals surface area contributed by atoms with Gasteiger partial charge < -0.3 is 43.6 Å². The number of cyclic esters (lactones) is 1. The number of allylic oxidation sites excluding steroid dienone is 3. The number of hydrogen-bond acceptors (Lipinski definition) is 14. The first kappa shape index (κ1) is 44.3. The van der Waals surface area contributed by atoms with Crippen molar-refractivity contribution in [3.05, 3.63) is 48.1 Å². The SMILES string of the molecule is CC[C@H]1OC(=O)C[C@@H](O)[C@H](C)[C@@H](O[C@@H]2O[C@H](C)[C@@H](OCC#Cc3cncnc3)[C@H](N(C)C)[C@H]2O)[C@@H](CC=O)C[C@@H](C)C(=O)/C=C/C(C)=C/[C@@H]1N1CCOCC1. The van der Waals surface area contributed by atoms with E-state index in [1.165, 1.54) is 6.33 Å². The molecule has 1 aromatic heterocycles. The summed E-state index contributed by atoms with van der Waals surface area (Å²) in [6.07, 6.45) is 4.94. The lowest BCUT2D eigenvalue weighted by Crippen LogP contribution is -2.64. The third kappa shape index (κ3) is 12.6. The zero-order valence-corrected chi connectivity index (χ0v) is 33.3. The molecule has 2 N–H and O–H groups in total. The minimum atomic E-state index is -1.24. The van der Waals surface area contributed by atoms with Gasteiger partial charge in [0.2, 0.25) is 0 Å². The number of aromatic nitrogens is 2. The summed E-state index contributed by atoms with van der Waals surface area (Å²) in [6, 6.07) is -0.853. The predicted octanol–water partition coefficient (Wildman–Crippen LogP) is 2.36. The lowest BCUT2D eigenvalue weighted by molar-refractivity contribution is -0.307. The van der Waals surface area contributed by atoms with Crippen LogP contribution in [0.4, 0.5) is 0 Å². The number of carbonyl (C=O) groups is 3. The largest absolute Gasteiger partial charge is 0.460 e. The summed E-state index contributed by atoms with van der Waals surface area (Å²) in [5.74, 6) is 3.41. The molecule has 55 heavy (non-hydrogen) atoms. The van der Waals surface area contributed by atoms with Gasteiger partial charge in [-0.2, -0.15) is 0 Å². The maximum atomic E-state index is 13.5. The molecular weight excluding hydrogens is 708 g/mol. The number of morpholine rings is 1. The number of esters is 1. The number of likely N-dealkylation sites (N-methyl/N-ethyl adjacent to an activating group) is 1. The molecule has 14 heteroatoms. The zero-order chi connectivity index (χ0) is 40.1. The fraction of sp³-hybridized carbons (Fsp3) is 0.683. The number of ether oxygens (including phenoxy) is 5. The van der Waals surface area contributed by atoms with Gasteiger partial charge in [0, 0.05) is 43.7 Å². The highest BCUT2D eigenvalue weighted by atomic mass is 16.7. The van der Waals surface area contributed by atoms with Crippen LogP contribution in [0.15, 0.2) is 42.5 Å². The standard InChI is InChI=1S/C41H60N4O10/c1-8-35-32(45-14-18-51-19-15-45)20-26(2)11-12-33(47)27(3)21-31(13-16-46)39(28(4)34(48)22-36(49)54-35)55-41-38(50)37(44(6)7)40(29(5)53-41)52-17-9-10-30-23-42-25-43-24-30/h11-12,16,20,23-25,27-29,31-32,34-35,37-41,48,50H,8,13-15,17-19,21-22H2,1-7H3/b12-11+,26-20+/t27-,28+,29-,31+,32+,34-,35-,37-,38-,39-,40-,41+/m1/s1. The summed E-state index contributed by atoms with van der Waals surface area (Å²) in [6.45, 7) is 11.7. The Bertz CT molecular complexity index is 1510. The molecule has 4 rings (SSSR count). The molecule has 14 nitrogen and oxygen atoms in total. The van der Waals surface area contributed by atoms with Crippen LogP contribution < -0.4 is 0 Å². The predicted molar refractivity (Wildman–Crippen MR) is 203 cm³/mol. The van der Waals surface area contributed by atoms with Crippen LogP contribution in [0.5, 0.6) is 0 Å². The van der Waals surface area contributed by atoms with Crippen molar-refractivity contribution >= 4 is 18.0 Å². The van der Waals surface area contributed by atoms with Crippen molar-refractivity contribution in [1.29, 1.82) is 0 Å².